The lowest BCUT2D eigenvalue weighted by atomic mass is 10.1. The van der Waals surface area contributed by atoms with E-state index >= 15 is 0 Å². The monoisotopic (exact) mass is 328 g/mol. The van der Waals surface area contributed by atoms with Crippen LogP contribution in [0, 0.1) is 0 Å². The van der Waals surface area contributed by atoms with E-state index in [0.29, 0.717) is 23.6 Å². The lowest BCUT2D eigenvalue weighted by Crippen LogP contribution is -2.36. The van der Waals surface area contributed by atoms with Crippen molar-refractivity contribution in [3.05, 3.63) is 53.6 Å². The number of aliphatic hydroxyl groups is 1. The molecule has 0 saturated heterocycles. The molecule has 0 aliphatic heterocycles. The van der Waals surface area contributed by atoms with E-state index in [4.69, 9.17) is 9.47 Å². The van der Waals surface area contributed by atoms with Crippen molar-refractivity contribution in [1.29, 1.82) is 0 Å². The van der Waals surface area contributed by atoms with Gasteiger partial charge in [0.15, 0.2) is 0 Å². The number of amides is 2. The number of methoxy groups -OCH3 is 2. The standard InChI is InChI=1S/C18H20N2O4/c1-23-12-7-8-14(16(10-12)24-2)19-18(22)20-17-13-6-4-3-5-11(13)9-15(17)21/h3-8,10,15,17,21H,9H2,1-2H3,(H2,19,20,22)/t15-,17+/m0/s1. The van der Waals surface area contributed by atoms with Gasteiger partial charge in [0.1, 0.15) is 11.5 Å². The van der Waals surface area contributed by atoms with Crippen molar-refractivity contribution >= 4 is 11.7 Å². The van der Waals surface area contributed by atoms with Gasteiger partial charge in [-0.2, -0.15) is 0 Å². The third-order valence-electron chi connectivity index (χ3n) is 4.15. The molecule has 126 valence electrons. The van der Waals surface area contributed by atoms with Crippen molar-refractivity contribution < 1.29 is 19.4 Å². The SMILES string of the molecule is COc1ccc(NC(=O)N[C@@H]2c3ccccc3C[C@@H]2O)c(OC)c1. The molecule has 0 aromatic heterocycles. The number of ether oxygens (including phenoxy) is 2. The first-order valence-electron chi connectivity index (χ1n) is 7.67. The quantitative estimate of drug-likeness (QED) is 0.805. The molecule has 2 amide bonds. The van der Waals surface area contributed by atoms with Gasteiger partial charge in [-0.05, 0) is 23.3 Å². The van der Waals surface area contributed by atoms with Gasteiger partial charge in [-0.25, -0.2) is 4.79 Å². The van der Waals surface area contributed by atoms with Crippen LogP contribution in [0.3, 0.4) is 0 Å². The average Bonchev–Trinajstić information content (AvgIpc) is 2.91. The van der Waals surface area contributed by atoms with Gasteiger partial charge in [-0.3, -0.25) is 0 Å². The summed E-state index contributed by atoms with van der Waals surface area (Å²) >= 11 is 0. The van der Waals surface area contributed by atoms with Gasteiger partial charge < -0.3 is 25.2 Å². The molecule has 3 rings (SSSR count). The molecule has 2 atom stereocenters. The molecule has 0 saturated carbocycles. The highest BCUT2D eigenvalue weighted by atomic mass is 16.5. The van der Waals surface area contributed by atoms with E-state index in [2.05, 4.69) is 10.6 Å². The first-order chi connectivity index (χ1) is 11.6. The second-order valence-electron chi connectivity index (χ2n) is 5.61. The first kappa shape index (κ1) is 16.1. The Hall–Kier alpha value is -2.73. The molecule has 0 radical (unpaired) electrons. The predicted molar refractivity (Wildman–Crippen MR) is 90.6 cm³/mol. The number of anilines is 1. The molecule has 6 nitrogen and oxygen atoms in total. The number of urea groups is 1. The minimum Gasteiger partial charge on any atom is -0.497 e. The molecule has 2 aromatic carbocycles. The van der Waals surface area contributed by atoms with Crippen LogP contribution in [0.1, 0.15) is 17.2 Å². The van der Waals surface area contributed by atoms with Crippen LogP contribution in [0.4, 0.5) is 10.5 Å². The summed E-state index contributed by atoms with van der Waals surface area (Å²) < 4.78 is 10.4. The molecular weight excluding hydrogens is 308 g/mol. The average molecular weight is 328 g/mol. The molecule has 3 N–H and O–H groups in total. The van der Waals surface area contributed by atoms with Crippen molar-refractivity contribution in [2.24, 2.45) is 0 Å². The van der Waals surface area contributed by atoms with E-state index in [1.54, 1.807) is 25.3 Å². The molecule has 0 heterocycles. The lowest BCUT2D eigenvalue weighted by Gasteiger charge is -2.19. The van der Waals surface area contributed by atoms with Crippen LogP contribution in [0.5, 0.6) is 11.5 Å². The van der Waals surface area contributed by atoms with Crippen LogP contribution in [0.15, 0.2) is 42.5 Å². The maximum absolute atomic E-state index is 12.3. The van der Waals surface area contributed by atoms with Crippen LogP contribution in [-0.4, -0.2) is 31.5 Å². The van der Waals surface area contributed by atoms with Crippen LogP contribution < -0.4 is 20.1 Å². The molecule has 0 unspecified atom stereocenters. The van der Waals surface area contributed by atoms with E-state index in [0.717, 1.165) is 11.1 Å². The molecule has 0 bridgehead atoms. The van der Waals surface area contributed by atoms with Gasteiger partial charge in [-0.1, -0.05) is 24.3 Å². The summed E-state index contributed by atoms with van der Waals surface area (Å²) in [5.41, 5.74) is 2.52. The molecule has 6 heteroatoms. The number of rotatable bonds is 4. The van der Waals surface area contributed by atoms with E-state index in [1.807, 2.05) is 24.3 Å². The number of nitrogens with one attached hydrogen (secondary N) is 2. The van der Waals surface area contributed by atoms with Crippen molar-refractivity contribution in [3.63, 3.8) is 0 Å². The Labute approximate surface area is 140 Å². The predicted octanol–water partition coefficient (Wildman–Crippen LogP) is 2.48. The topological polar surface area (TPSA) is 79.8 Å². The fourth-order valence-electron chi connectivity index (χ4n) is 2.95. The fourth-order valence-corrected chi connectivity index (χ4v) is 2.95. The molecule has 1 aliphatic rings. The highest BCUT2D eigenvalue weighted by molar-refractivity contribution is 5.91. The Morgan fingerprint density at radius 3 is 2.71 bits per heavy atom. The smallest absolute Gasteiger partial charge is 0.319 e. The Morgan fingerprint density at radius 1 is 1.17 bits per heavy atom. The van der Waals surface area contributed by atoms with E-state index in [9.17, 15) is 9.90 Å². The Bertz CT molecular complexity index is 748. The van der Waals surface area contributed by atoms with Gasteiger partial charge in [-0.15, -0.1) is 0 Å². The summed E-state index contributed by atoms with van der Waals surface area (Å²) in [6.07, 6.45) is -0.0987. The van der Waals surface area contributed by atoms with Crippen molar-refractivity contribution in [3.8, 4) is 11.5 Å². The van der Waals surface area contributed by atoms with Gasteiger partial charge in [0, 0.05) is 12.5 Å². The third kappa shape index (κ3) is 3.14. The maximum atomic E-state index is 12.3. The van der Waals surface area contributed by atoms with Crippen molar-refractivity contribution in [2.75, 3.05) is 19.5 Å². The van der Waals surface area contributed by atoms with E-state index in [1.165, 1.54) is 7.11 Å². The van der Waals surface area contributed by atoms with E-state index in [-0.39, 0.29) is 0 Å². The minimum absolute atomic E-state index is 0.404. The zero-order chi connectivity index (χ0) is 17.1. The van der Waals surface area contributed by atoms with Gasteiger partial charge in [0.05, 0.1) is 32.1 Å². The lowest BCUT2D eigenvalue weighted by molar-refractivity contribution is 0.144. The molecule has 24 heavy (non-hydrogen) atoms. The summed E-state index contributed by atoms with van der Waals surface area (Å²) in [6, 6.07) is 12.0. The molecule has 2 aromatic rings. The van der Waals surface area contributed by atoms with Crippen LogP contribution in [-0.2, 0) is 6.42 Å². The molecule has 0 fully saturated rings. The molecule has 0 spiro atoms. The number of fused-ring (bicyclic) bond motifs is 1. The zero-order valence-electron chi connectivity index (χ0n) is 13.6. The molecular formula is C18H20N2O4. The minimum atomic E-state index is -0.633. The number of hydrogen-bond acceptors (Lipinski definition) is 4. The van der Waals surface area contributed by atoms with Crippen LogP contribution >= 0.6 is 0 Å². The molecule has 1 aliphatic carbocycles. The highest BCUT2D eigenvalue weighted by Crippen LogP contribution is 2.32. The summed E-state index contributed by atoms with van der Waals surface area (Å²) in [5.74, 6) is 1.13. The number of aliphatic hydroxyl groups excluding tert-OH is 1. The summed E-state index contributed by atoms with van der Waals surface area (Å²) in [5, 5.41) is 15.8. The third-order valence-corrected chi connectivity index (χ3v) is 4.15. The number of carbonyl (C=O) groups excluding carboxylic acids is 1. The summed E-state index contributed by atoms with van der Waals surface area (Å²) in [7, 11) is 3.09. The highest BCUT2D eigenvalue weighted by Gasteiger charge is 2.31. The number of carbonyl (C=O) groups is 1. The van der Waals surface area contributed by atoms with Crippen molar-refractivity contribution in [1.82, 2.24) is 5.32 Å². The van der Waals surface area contributed by atoms with Gasteiger partial charge in [0.2, 0.25) is 0 Å². The van der Waals surface area contributed by atoms with E-state index < -0.39 is 18.2 Å². The summed E-state index contributed by atoms with van der Waals surface area (Å²) in [4.78, 5) is 12.3. The maximum Gasteiger partial charge on any atom is 0.319 e. The largest absolute Gasteiger partial charge is 0.497 e. The van der Waals surface area contributed by atoms with Crippen LogP contribution in [0.25, 0.3) is 0 Å². The number of hydrogen-bond donors (Lipinski definition) is 3. The van der Waals surface area contributed by atoms with Gasteiger partial charge >= 0.3 is 6.03 Å². The number of benzene rings is 2. The Balaban J connectivity index is 1.73. The first-order valence-corrected chi connectivity index (χ1v) is 7.67. The normalized spacial score (nSPS) is 18.6. The second-order valence-corrected chi connectivity index (χ2v) is 5.61. The second kappa shape index (κ2) is 6.80. The Kier molecular flexibility index (Phi) is 4.57. The van der Waals surface area contributed by atoms with Gasteiger partial charge in [0.25, 0.3) is 0 Å². The fraction of sp³-hybridized carbons (Fsp3) is 0.278. The summed E-state index contributed by atoms with van der Waals surface area (Å²) in [6.45, 7) is 0. The Morgan fingerprint density at radius 2 is 1.96 bits per heavy atom. The van der Waals surface area contributed by atoms with Crippen molar-refractivity contribution in [2.45, 2.75) is 18.6 Å². The van der Waals surface area contributed by atoms with Crippen LogP contribution in [0.2, 0.25) is 0 Å². The zero-order valence-corrected chi connectivity index (χ0v) is 13.6.